The number of hydrogen-bond donors (Lipinski definition) is 3. The van der Waals surface area contributed by atoms with E-state index in [0.717, 1.165) is 6.07 Å². The highest BCUT2D eigenvalue weighted by Crippen LogP contribution is 2.22. The van der Waals surface area contributed by atoms with E-state index in [1.807, 2.05) is 0 Å². The van der Waals surface area contributed by atoms with Crippen LogP contribution >= 0.6 is 0 Å². The molecule has 0 aliphatic carbocycles. The Morgan fingerprint density at radius 2 is 1.93 bits per heavy atom. The standard InChI is InChI=1S/C9H12F2N2O/c10-6-4-7(11)9(13)3-5(6)8(12)1-2-14/h3-4,8,14H,1-2,12-13H2/t8-/m1/s1. The molecule has 5 N–H and O–H groups in total. The summed E-state index contributed by atoms with van der Waals surface area (Å²) in [5.41, 5.74) is 10.8. The van der Waals surface area contributed by atoms with Crippen LogP contribution in [0.15, 0.2) is 12.1 Å². The van der Waals surface area contributed by atoms with Gasteiger partial charge in [-0.3, -0.25) is 0 Å². The largest absolute Gasteiger partial charge is 0.396 e. The second-order valence-electron chi connectivity index (χ2n) is 3.01. The highest BCUT2D eigenvalue weighted by Gasteiger charge is 2.13. The van der Waals surface area contributed by atoms with Crippen LogP contribution in [0.3, 0.4) is 0 Å². The van der Waals surface area contributed by atoms with E-state index in [1.54, 1.807) is 0 Å². The maximum Gasteiger partial charge on any atom is 0.149 e. The van der Waals surface area contributed by atoms with Crippen LogP contribution in [-0.2, 0) is 0 Å². The lowest BCUT2D eigenvalue weighted by Crippen LogP contribution is -2.14. The second-order valence-corrected chi connectivity index (χ2v) is 3.01. The Balaban J connectivity index is 3.02. The van der Waals surface area contributed by atoms with E-state index in [1.165, 1.54) is 0 Å². The Hall–Kier alpha value is -1.20. The van der Waals surface area contributed by atoms with E-state index >= 15 is 0 Å². The fourth-order valence-electron chi connectivity index (χ4n) is 1.16. The van der Waals surface area contributed by atoms with Crippen LogP contribution in [0.1, 0.15) is 18.0 Å². The zero-order chi connectivity index (χ0) is 10.7. The third-order valence-electron chi connectivity index (χ3n) is 1.96. The first-order chi connectivity index (χ1) is 6.56. The highest BCUT2D eigenvalue weighted by molar-refractivity contribution is 5.44. The van der Waals surface area contributed by atoms with E-state index in [-0.39, 0.29) is 24.3 Å². The van der Waals surface area contributed by atoms with Crippen LogP contribution in [0, 0.1) is 11.6 Å². The van der Waals surface area contributed by atoms with E-state index in [4.69, 9.17) is 16.6 Å². The Labute approximate surface area is 80.3 Å². The smallest absolute Gasteiger partial charge is 0.149 e. The zero-order valence-corrected chi connectivity index (χ0v) is 7.50. The first-order valence-electron chi connectivity index (χ1n) is 4.17. The Bertz CT molecular complexity index is 331. The highest BCUT2D eigenvalue weighted by atomic mass is 19.1. The van der Waals surface area contributed by atoms with Gasteiger partial charge in [0.15, 0.2) is 0 Å². The van der Waals surface area contributed by atoms with Crippen molar-refractivity contribution < 1.29 is 13.9 Å². The number of rotatable bonds is 3. The van der Waals surface area contributed by atoms with Gasteiger partial charge in [0.05, 0.1) is 5.69 Å². The van der Waals surface area contributed by atoms with Crippen molar-refractivity contribution in [2.45, 2.75) is 12.5 Å². The lowest BCUT2D eigenvalue weighted by atomic mass is 10.0. The van der Waals surface area contributed by atoms with Crippen molar-refractivity contribution in [2.75, 3.05) is 12.3 Å². The van der Waals surface area contributed by atoms with Crippen LogP contribution in [0.2, 0.25) is 0 Å². The van der Waals surface area contributed by atoms with Crippen LogP contribution in [-0.4, -0.2) is 11.7 Å². The summed E-state index contributed by atoms with van der Waals surface area (Å²) in [5, 5.41) is 8.61. The van der Waals surface area contributed by atoms with Gasteiger partial charge in [-0.15, -0.1) is 0 Å². The minimum Gasteiger partial charge on any atom is -0.396 e. The molecule has 0 saturated heterocycles. The zero-order valence-electron chi connectivity index (χ0n) is 7.50. The lowest BCUT2D eigenvalue weighted by Gasteiger charge is -2.12. The van der Waals surface area contributed by atoms with Gasteiger partial charge in [-0.25, -0.2) is 8.78 Å². The number of hydrogen-bond acceptors (Lipinski definition) is 3. The SMILES string of the molecule is Nc1cc([C@H](N)CCO)c(F)cc1F. The molecule has 0 heterocycles. The molecule has 0 spiro atoms. The molecule has 0 radical (unpaired) electrons. The van der Waals surface area contributed by atoms with Crippen LogP contribution in [0.5, 0.6) is 0 Å². The molecule has 1 aromatic carbocycles. The maximum atomic E-state index is 13.1. The first-order valence-corrected chi connectivity index (χ1v) is 4.17. The molecule has 1 aromatic rings. The molecule has 0 aromatic heterocycles. The summed E-state index contributed by atoms with van der Waals surface area (Å²) in [4.78, 5) is 0. The molecule has 0 aliphatic heterocycles. The van der Waals surface area contributed by atoms with Crippen molar-refractivity contribution in [1.82, 2.24) is 0 Å². The van der Waals surface area contributed by atoms with E-state index in [0.29, 0.717) is 6.07 Å². The summed E-state index contributed by atoms with van der Waals surface area (Å²) in [7, 11) is 0. The summed E-state index contributed by atoms with van der Waals surface area (Å²) < 4.78 is 25.9. The molecule has 78 valence electrons. The summed E-state index contributed by atoms with van der Waals surface area (Å²) in [6, 6.07) is 1.19. The maximum absolute atomic E-state index is 13.1. The van der Waals surface area contributed by atoms with Crippen LogP contribution in [0.4, 0.5) is 14.5 Å². The summed E-state index contributed by atoms with van der Waals surface area (Å²) in [6.45, 7) is -0.155. The van der Waals surface area contributed by atoms with Crippen molar-refractivity contribution >= 4 is 5.69 Å². The second kappa shape index (κ2) is 4.34. The van der Waals surface area contributed by atoms with Crippen molar-refractivity contribution in [3.05, 3.63) is 29.3 Å². The van der Waals surface area contributed by atoms with E-state index in [2.05, 4.69) is 0 Å². The first kappa shape index (κ1) is 10.9. The molecule has 0 fully saturated rings. The van der Waals surface area contributed by atoms with Gasteiger partial charge >= 0.3 is 0 Å². The van der Waals surface area contributed by atoms with Gasteiger partial charge in [-0.1, -0.05) is 0 Å². The average Bonchev–Trinajstić information content (AvgIpc) is 2.11. The normalized spacial score (nSPS) is 12.9. The third-order valence-corrected chi connectivity index (χ3v) is 1.96. The lowest BCUT2D eigenvalue weighted by molar-refractivity contribution is 0.275. The molecule has 0 bridgehead atoms. The number of benzene rings is 1. The number of aliphatic hydroxyl groups is 1. The van der Waals surface area contributed by atoms with Crippen molar-refractivity contribution in [3.63, 3.8) is 0 Å². The van der Waals surface area contributed by atoms with Gasteiger partial charge in [-0.2, -0.15) is 0 Å². The van der Waals surface area contributed by atoms with Gasteiger partial charge in [0.1, 0.15) is 11.6 Å². The number of nitrogen functional groups attached to an aromatic ring is 1. The fraction of sp³-hybridized carbons (Fsp3) is 0.333. The molecule has 0 unspecified atom stereocenters. The number of anilines is 1. The van der Waals surface area contributed by atoms with Crippen molar-refractivity contribution in [2.24, 2.45) is 5.73 Å². The quantitative estimate of drug-likeness (QED) is 0.638. The molecule has 14 heavy (non-hydrogen) atoms. The Morgan fingerprint density at radius 3 is 2.50 bits per heavy atom. The van der Waals surface area contributed by atoms with E-state index < -0.39 is 17.7 Å². The minimum atomic E-state index is -0.803. The molecule has 0 aliphatic rings. The molecule has 0 amide bonds. The monoisotopic (exact) mass is 202 g/mol. The fourth-order valence-corrected chi connectivity index (χ4v) is 1.16. The Morgan fingerprint density at radius 1 is 1.29 bits per heavy atom. The molecule has 0 saturated carbocycles. The van der Waals surface area contributed by atoms with Gasteiger partial charge in [0.25, 0.3) is 0 Å². The Kier molecular flexibility index (Phi) is 3.38. The molecular formula is C9H12F2N2O. The molecule has 5 heteroatoms. The summed E-state index contributed by atoms with van der Waals surface area (Å²) >= 11 is 0. The number of nitrogens with two attached hydrogens (primary N) is 2. The van der Waals surface area contributed by atoms with Crippen molar-refractivity contribution in [3.8, 4) is 0 Å². The van der Waals surface area contributed by atoms with Gasteiger partial charge in [0, 0.05) is 24.3 Å². The van der Waals surface area contributed by atoms with Gasteiger partial charge in [-0.05, 0) is 12.5 Å². The minimum absolute atomic E-state index is 0.123. The summed E-state index contributed by atoms with van der Waals surface area (Å²) in [5.74, 6) is -1.54. The molecule has 1 atom stereocenters. The molecular weight excluding hydrogens is 190 g/mol. The van der Waals surface area contributed by atoms with Gasteiger partial charge < -0.3 is 16.6 Å². The topological polar surface area (TPSA) is 72.3 Å². The number of halogens is 2. The average molecular weight is 202 g/mol. The molecule has 1 rings (SSSR count). The summed E-state index contributed by atoms with van der Waals surface area (Å²) in [6.07, 6.45) is 0.210. The third kappa shape index (κ3) is 2.18. The number of aliphatic hydroxyl groups excluding tert-OH is 1. The predicted octanol–water partition coefficient (Wildman–Crippen LogP) is 0.929. The van der Waals surface area contributed by atoms with Crippen molar-refractivity contribution in [1.29, 1.82) is 0 Å². The van der Waals surface area contributed by atoms with E-state index in [9.17, 15) is 8.78 Å². The van der Waals surface area contributed by atoms with Crippen LogP contribution < -0.4 is 11.5 Å². The molecule has 3 nitrogen and oxygen atoms in total. The predicted molar refractivity (Wildman–Crippen MR) is 49.4 cm³/mol. The van der Waals surface area contributed by atoms with Crippen LogP contribution in [0.25, 0.3) is 0 Å². The van der Waals surface area contributed by atoms with Gasteiger partial charge in [0.2, 0.25) is 0 Å².